The Morgan fingerprint density at radius 2 is 1.87 bits per heavy atom. The van der Waals surface area contributed by atoms with E-state index in [2.05, 4.69) is 21.3 Å². The number of fused-ring (bicyclic) bond motifs is 1. The molecule has 0 spiro atoms. The number of hydrogen-bond acceptors (Lipinski definition) is 5. The van der Waals surface area contributed by atoms with Crippen molar-refractivity contribution in [3.8, 4) is 5.75 Å². The fourth-order valence-corrected chi connectivity index (χ4v) is 3.48. The number of nitrogens with one attached hydrogen (secondary N) is 4. The molecule has 1 aliphatic carbocycles. The Labute approximate surface area is 181 Å². The summed E-state index contributed by atoms with van der Waals surface area (Å²) in [5, 5.41) is 11.0. The van der Waals surface area contributed by atoms with Gasteiger partial charge in [0.05, 0.1) is 18.5 Å². The Hall–Kier alpha value is -3.10. The highest BCUT2D eigenvalue weighted by Crippen LogP contribution is 2.20. The summed E-state index contributed by atoms with van der Waals surface area (Å²) in [6.45, 7) is 4.02. The molecule has 1 fully saturated rings. The molecule has 31 heavy (non-hydrogen) atoms. The Morgan fingerprint density at radius 1 is 1.13 bits per heavy atom. The summed E-state index contributed by atoms with van der Waals surface area (Å²) in [6.07, 6.45) is 2.53. The first kappa shape index (κ1) is 22.6. The van der Waals surface area contributed by atoms with Crippen molar-refractivity contribution in [1.82, 2.24) is 21.3 Å². The van der Waals surface area contributed by atoms with Gasteiger partial charge in [-0.1, -0.05) is 26.0 Å². The molecule has 0 unspecified atom stereocenters. The van der Waals surface area contributed by atoms with Crippen LogP contribution in [0.2, 0.25) is 0 Å². The van der Waals surface area contributed by atoms with E-state index in [0.29, 0.717) is 5.75 Å². The van der Waals surface area contributed by atoms with Crippen LogP contribution in [0.3, 0.4) is 0 Å². The molecule has 0 aromatic heterocycles. The molecule has 0 radical (unpaired) electrons. The van der Waals surface area contributed by atoms with Crippen molar-refractivity contribution < 1.29 is 23.9 Å². The van der Waals surface area contributed by atoms with Gasteiger partial charge in [0.2, 0.25) is 17.7 Å². The largest absolute Gasteiger partial charge is 0.491 e. The number of rotatable bonds is 3. The predicted octanol–water partition coefficient (Wildman–Crippen LogP) is 0.493. The van der Waals surface area contributed by atoms with E-state index in [1.54, 1.807) is 24.3 Å². The second-order valence-electron chi connectivity index (χ2n) is 8.29. The lowest BCUT2D eigenvalue weighted by Gasteiger charge is -2.29. The van der Waals surface area contributed by atoms with Gasteiger partial charge in [-0.15, -0.1) is 0 Å². The number of carbonyl (C=O) groups excluding carboxylic acids is 4. The van der Waals surface area contributed by atoms with Gasteiger partial charge in [-0.25, -0.2) is 0 Å². The summed E-state index contributed by atoms with van der Waals surface area (Å²) in [7, 11) is 0. The lowest BCUT2D eigenvalue weighted by molar-refractivity contribution is -0.132. The molecule has 1 aliphatic heterocycles. The summed E-state index contributed by atoms with van der Waals surface area (Å²) >= 11 is 0. The van der Waals surface area contributed by atoms with Crippen LogP contribution in [0.15, 0.2) is 24.3 Å². The zero-order valence-corrected chi connectivity index (χ0v) is 17.9. The van der Waals surface area contributed by atoms with Crippen molar-refractivity contribution in [2.24, 2.45) is 5.92 Å². The highest BCUT2D eigenvalue weighted by atomic mass is 16.5. The van der Waals surface area contributed by atoms with E-state index in [-0.39, 0.29) is 43.0 Å². The van der Waals surface area contributed by atoms with Crippen molar-refractivity contribution in [3.05, 3.63) is 29.8 Å². The number of ether oxygens (including phenoxy) is 1. The standard InChI is InChI=1S/C22H30N4O5/c1-13(2)19-22(30)23-10-11-31-17-9-4-3-8-15(17)20(28)25-16(12-18(27)26-19)21(29)24-14-6-5-7-14/h3-4,8-9,13-14,16,19H,5-7,10-12H2,1-2H3,(H,23,30)(H,24,29)(H,25,28)(H,26,27)/t16-,19+/m0/s1. The molecule has 168 valence electrons. The zero-order valence-electron chi connectivity index (χ0n) is 17.9. The van der Waals surface area contributed by atoms with E-state index in [9.17, 15) is 19.2 Å². The number of carbonyl (C=O) groups is 4. The maximum Gasteiger partial charge on any atom is 0.255 e. The number of hydrogen-bond donors (Lipinski definition) is 4. The second-order valence-corrected chi connectivity index (χ2v) is 8.29. The average molecular weight is 431 g/mol. The fourth-order valence-electron chi connectivity index (χ4n) is 3.48. The van der Waals surface area contributed by atoms with Crippen LogP contribution in [-0.4, -0.2) is 54.9 Å². The predicted molar refractivity (Wildman–Crippen MR) is 113 cm³/mol. The summed E-state index contributed by atoms with van der Waals surface area (Å²) in [5.41, 5.74) is 0.257. The molecule has 1 aromatic rings. The monoisotopic (exact) mass is 430 g/mol. The molecule has 1 aromatic carbocycles. The fraction of sp³-hybridized carbons (Fsp3) is 0.545. The van der Waals surface area contributed by atoms with Crippen molar-refractivity contribution in [1.29, 1.82) is 0 Å². The molecule has 1 heterocycles. The molecular weight excluding hydrogens is 400 g/mol. The summed E-state index contributed by atoms with van der Waals surface area (Å²) in [5.74, 6) is -1.53. The number of benzene rings is 1. The van der Waals surface area contributed by atoms with Crippen molar-refractivity contribution in [2.75, 3.05) is 13.2 Å². The van der Waals surface area contributed by atoms with Gasteiger partial charge in [0.1, 0.15) is 24.4 Å². The molecule has 2 aliphatic rings. The summed E-state index contributed by atoms with van der Waals surface area (Å²) in [4.78, 5) is 51.0. The van der Waals surface area contributed by atoms with E-state index in [1.165, 1.54) is 0 Å². The lowest BCUT2D eigenvalue weighted by atomic mass is 9.92. The SMILES string of the molecule is CC(C)[C@H]1NC(=O)C[C@@H](C(=O)NC2CCC2)NC(=O)c2ccccc2OCCNC1=O. The first-order valence-electron chi connectivity index (χ1n) is 10.7. The highest BCUT2D eigenvalue weighted by molar-refractivity contribution is 6.01. The van der Waals surface area contributed by atoms with Crippen LogP contribution in [0, 0.1) is 5.92 Å². The van der Waals surface area contributed by atoms with Crippen LogP contribution in [0.4, 0.5) is 0 Å². The Balaban J connectivity index is 1.85. The minimum Gasteiger partial charge on any atom is -0.491 e. The third-order valence-corrected chi connectivity index (χ3v) is 5.52. The molecule has 1 saturated carbocycles. The topological polar surface area (TPSA) is 126 Å². The van der Waals surface area contributed by atoms with Crippen LogP contribution in [0.25, 0.3) is 0 Å². The van der Waals surface area contributed by atoms with E-state index in [1.807, 2.05) is 13.8 Å². The molecule has 9 heteroatoms. The van der Waals surface area contributed by atoms with Crippen LogP contribution in [0.5, 0.6) is 5.75 Å². The van der Waals surface area contributed by atoms with E-state index >= 15 is 0 Å². The molecule has 2 atom stereocenters. The third-order valence-electron chi connectivity index (χ3n) is 5.52. The van der Waals surface area contributed by atoms with E-state index in [0.717, 1.165) is 19.3 Å². The van der Waals surface area contributed by atoms with Gasteiger partial charge in [-0.05, 0) is 37.3 Å². The Kier molecular flexibility index (Phi) is 7.49. The minimum atomic E-state index is -1.07. The van der Waals surface area contributed by atoms with Gasteiger partial charge in [-0.2, -0.15) is 0 Å². The van der Waals surface area contributed by atoms with Gasteiger partial charge in [0.25, 0.3) is 5.91 Å². The molecule has 0 bridgehead atoms. The number of para-hydroxylation sites is 1. The lowest BCUT2D eigenvalue weighted by Crippen LogP contribution is -2.55. The van der Waals surface area contributed by atoms with Crippen molar-refractivity contribution in [3.63, 3.8) is 0 Å². The maximum absolute atomic E-state index is 12.9. The molecule has 9 nitrogen and oxygen atoms in total. The Morgan fingerprint density at radius 3 is 2.55 bits per heavy atom. The maximum atomic E-state index is 12.9. The number of amides is 4. The molecule has 4 amide bonds. The molecule has 3 rings (SSSR count). The molecule has 4 N–H and O–H groups in total. The first-order chi connectivity index (χ1) is 14.8. The summed E-state index contributed by atoms with van der Waals surface area (Å²) in [6, 6.07) is 4.90. The van der Waals surface area contributed by atoms with Gasteiger partial charge in [-0.3, -0.25) is 19.2 Å². The van der Waals surface area contributed by atoms with Gasteiger partial charge in [0.15, 0.2) is 0 Å². The van der Waals surface area contributed by atoms with E-state index in [4.69, 9.17) is 4.74 Å². The molecular formula is C22H30N4O5. The quantitative estimate of drug-likeness (QED) is 0.555. The third kappa shape index (κ3) is 5.96. The first-order valence-corrected chi connectivity index (χ1v) is 10.7. The van der Waals surface area contributed by atoms with E-state index < -0.39 is 29.8 Å². The summed E-state index contributed by atoms with van der Waals surface area (Å²) < 4.78 is 5.69. The van der Waals surface area contributed by atoms with Crippen LogP contribution < -0.4 is 26.0 Å². The van der Waals surface area contributed by atoms with Crippen LogP contribution >= 0.6 is 0 Å². The van der Waals surface area contributed by atoms with Gasteiger partial charge >= 0.3 is 0 Å². The molecule has 0 saturated heterocycles. The van der Waals surface area contributed by atoms with Gasteiger partial charge in [0, 0.05) is 6.04 Å². The van der Waals surface area contributed by atoms with Crippen molar-refractivity contribution in [2.45, 2.75) is 57.7 Å². The smallest absolute Gasteiger partial charge is 0.255 e. The minimum absolute atomic E-state index is 0.0605. The highest BCUT2D eigenvalue weighted by Gasteiger charge is 2.31. The van der Waals surface area contributed by atoms with Gasteiger partial charge < -0.3 is 26.0 Å². The Bertz CT molecular complexity index is 837. The zero-order chi connectivity index (χ0) is 22.4. The normalized spacial score (nSPS) is 23.3. The second kappa shape index (κ2) is 10.3. The van der Waals surface area contributed by atoms with Crippen LogP contribution in [-0.2, 0) is 14.4 Å². The van der Waals surface area contributed by atoms with Crippen molar-refractivity contribution >= 4 is 23.6 Å². The average Bonchev–Trinajstić information content (AvgIpc) is 2.70. The van der Waals surface area contributed by atoms with Crippen LogP contribution in [0.1, 0.15) is 49.9 Å².